The van der Waals surface area contributed by atoms with E-state index in [1.165, 1.54) is 13.8 Å². The van der Waals surface area contributed by atoms with Gasteiger partial charge in [0.1, 0.15) is 11.7 Å². The molecule has 0 saturated carbocycles. The van der Waals surface area contributed by atoms with E-state index >= 15 is 0 Å². The smallest absolute Gasteiger partial charge is 0.224 e. The number of pyridine rings is 1. The van der Waals surface area contributed by atoms with Crippen LogP contribution in [0.2, 0.25) is 0 Å². The molecular weight excluding hydrogens is 354 g/mol. The van der Waals surface area contributed by atoms with Crippen molar-refractivity contribution in [3.63, 3.8) is 0 Å². The van der Waals surface area contributed by atoms with Gasteiger partial charge in [0.05, 0.1) is 17.4 Å². The summed E-state index contributed by atoms with van der Waals surface area (Å²) in [5, 5.41) is 0. The van der Waals surface area contributed by atoms with E-state index in [9.17, 15) is 14.4 Å². The number of aromatic nitrogens is 2. The van der Waals surface area contributed by atoms with Gasteiger partial charge in [-0.3, -0.25) is 19.3 Å². The van der Waals surface area contributed by atoms with Crippen molar-refractivity contribution in [2.45, 2.75) is 33.7 Å². The minimum atomic E-state index is -0.946. The molecule has 3 heterocycles. The molecule has 1 aliphatic heterocycles. The molecule has 0 aliphatic carbocycles. The molecular formula is C22H21N3O3. The first-order chi connectivity index (χ1) is 13.3. The molecule has 1 aliphatic rings. The minimum Gasteiger partial charge on any atom is -0.302 e. The number of imidazole rings is 1. The summed E-state index contributed by atoms with van der Waals surface area (Å²) in [6.45, 7) is 6.70. The molecule has 4 rings (SSSR count). The molecule has 142 valence electrons. The van der Waals surface area contributed by atoms with Gasteiger partial charge >= 0.3 is 0 Å². The largest absolute Gasteiger partial charge is 0.302 e. The van der Waals surface area contributed by atoms with Crippen LogP contribution in [0.25, 0.3) is 5.65 Å². The zero-order chi connectivity index (χ0) is 20.2. The fourth-order valence-corrected chi connectivity index (χ4v) is 4.11. The number of benzene rings is 1. The number of carbonyl (C=O) groups is 3. The van der Waals surface area contributed by atoms with E-state index in [2.05, 4.69) is 4.98 Å². The van der Waals surface area contributed by atoms with Crippen LogP contribution in [-0.4, -0.2) is 26.9 Å². The molecule has 0 N–H and O–H groups in total. The SMILES string of the molecule is CC(=O)[C@@H]1C(=O)c2ccn3c(C)c(C)nc3c2N(C(C)=O)[C@H]1c1ccccc1. The third-order valence-electron chi connectivity index (χ3n) is 5.55. The van der Waals surface area contributed by atoms with Gasteiger partial charge in [-0.2, -0.15) is 0 Å². The lowest BCUT2D eigenvalue weighted by atomic mass is 9.79. The van der Waals surface area contributed by atoms with Crippen LogP contribution in [0, 0.1) is 19.8 Å². The number of fused-ring (bicyclic) bond motifs is 3. The van der Waals surface area contributed by atoms with Crippen molar-refractivity contribution < 1.29 is 14.4 Å². The van der Waals surface area contributed by atoms with Crippen LogP contribution in [0.15, 0.2) is 42.6 Å². The Balaban J connectivity index is 2.09. The van der Waals surface area contributed by atoms with Gasteiger partial charge in [-0.15, -0.1) is 0 Å². The molecule has 28 heavy (non-hydrogen) atoms. The molecule has 1 aromatic carbocycles. The second-order valence-corrected chi connectivity index (χ2v) is 7.25. The van der Waals surface area contributed by atoms with E-state index in [1.54, 1.807) is 17.2 Å². The zero-order valence-electron chi connectivity index (χ0n) is 16.3. The summed E-state index contributed by atoms with van der Waals surface area (Å²) in [6, 6.07) is 10.2. The predicted molar refractivity (Wildman–Crippen MR) is 106 cm³/mol. The van der Waals surface area contributed by atoms with Crippen molar-refractivity contribution in [3.8, 4) is 0 Å². The van der Waals surface area contributed by atoms with Crippen molar-refractivity contribution >= 4 is 28.8 Å². The molecule has 3 aromatic rings. The van der Waals surface area contributed by atoms with Gasteiger partial charge in [-0.1, -0.05) is 30.3 Å². The first-order valence-electron chi connectivity index (χ1n) is 9.20. The molecule has 6 heteroatoms. The summed E-state index contributed by atoms with van der Waals surface area (Å²) >= 11 is 0. The lowest BCUT2D eigenvalue weighted by Gasteiger charge is -2.40. The average molecular weight is 375 g/mol. The maximum atomic E-state index is 13.3. The third-order valence-corrected chi connectivity index (χ3v) is 5.55. The summed E-state index contributed by atoms with van der Waals surface area (Å²) in [5.74, 6) is -1.71. The van der Waals surface area contributed by atoms with E-state index < -0.39 is 12.0 Å². The second kappa shape index (κ2) is 6.41. The summed E-state index contributed by atoms with van der Waals surface area (Å²) in [6.07, 6.45) is 1.78. The summed E-state index contributed by atoms with van der Waals surface area (Å²) in [7, 11) is 0. The fraction of sp³-hybridized carbons (Fsp3) is 0.273. The minimum absolute atomic E-state index is 0.236. The highest BCUT2D eigenvalue weighted by Crippen LogP contribution is 2.44. The molecule has 0 spiro atoms. The van der Waals surface area contributed by atoms with Crippen molar-refractivity contribution in [1.29, 1.82) is 0 Å². The second-order valence-electron chi connectivity index (χ2n) is 7.25. The standard InChI is InChI=1S/C22H21N3O3/c1-12-13(2)24-11-10-17-20(22(24)23-12)25(15(4)27)19(16-8-6-5-7-9-16)18(14(3)26)21(17)28/h5-11,18-19H,1-4H3/t18-,19-/m0/s1. The first kappa shape index (κ1) is 18.1. The van der Waals surface area contributed by atoms with Gasteiger partial charge in [0.25, 0.3) is 0 Å². The third kappa shape index (κ3) is 2.48. The molecule has 1 amide bonds. The number of hydrogen-bond donors (Lipinski definition) is 0. The topological polar surface area (TPSA) is 71.8 Å². The van der Waals surface area contributed by atoms with E-state index in [4.69, 9.17) is 0 Å². The molecule has 0 fully saturated rings. The normalized spacial score (nSPS) is 19.0. The summed E-state index contributed by atoms with van der Waals surface area (Å²) in [5.41, 5.74) is 3.91. The van der Waals surface area contributed by atoms with Crippen LogP contribution in [-0.2, 0) is 9.59 Å². The number of amides is 1. The van der Waals surface area contributed by atoms with E-state index in [0.717, 1.165) is 17.0 Å². The van der Waals surface area contributed by atoms with Crippen molar-refractivity contribution in [1.82, 2.24) is 9.38 Å². The molecule has 0 radical (unpaired) electrons. The van der Waals surface area contributed by atoms with Crippen molar-refractivity contribution in [3.05, 3.63) is 65.1 Å². The van der Waals surface area contributed by atoms with Gasteiger partial charge in [0.15, 0.2) is 11.4 Å². The molecule has 0 saturated heterocycles. The molecule has 0 bridgehead atoms. The molecule has 0 unspecified atom stereocenters. The number of ketones is 2. The van der Waals surface area contributed by atoms with E-state index in [0.29, 0.717) is 16.9 Å². The van der Waals surface area contributed by atoms with Gasteiger partial charge in [-0.25, -0.2) is 4.98 Å². The first-order valence-corrected chi connectivity index (χ1v) is 9.20. The average Bonchev–Trinajstić information content (AvgIpc) is 2.96. The number of hydrogen-bond acceptors (Lipinski definition) is 4. The Morgan fingerprint density at radius 2 is 1.71 bits per heavy atom. The van der Waals surface area contributed by atoms with Crippen LogP contribution in [0.3, 0.4) is 0 Å². The highest BCUT2D eigenvalue weighted by atomic mass is 16.2. The van der Waals surface area contributed by atoms with Gasteiger partial charge in [0.2, 0.25) is 5.91 Å². The Hall–Kier alpha value is -3.28. The number of rotatable bonds is 2. The van der Waals surface area contributed by atoms with Gasteiger partial charge < -0.3 is 4.40 Å². The Bertz CT molecular complexity index is 1130. The lowest BCUT2D eigenvalue weighted by molar-refractivity contribution is -0.121. The Kier molecular flexibility index (Phi) is 4.14. The van der Waals surface area contributed by atoms with Gasteiger partial charge in [0, 0.05) is 24.4 Å². The van der Waals surface area contributed by atoms with Crippen LogP contribution >= 0.6 is 0 Å². The van der Waals surface area contributed by atoms with E-state index in [1.807, 2.05) is 48.6 Å². The molecule has 6 nitrogen and oxygen atoms in total. The predicted octanol–water partition coefficient (Wildman–Crippen LogP) is 3.45. The number of anilines is 1. The van der Waals surface area contributed by atoms with E-state index in [-0.39, 0.29) is 17.5 Å². The van der Waals surface area contributed by atoms with Gasteiger partial charge in [-0.05, 0) is 32.4 Å². The van der Waals surface area contributed by atoms with Crippen LogP contribution < -0.4 is 4.90 Å². The quantitative estimate of drug-likeness (QED) is 0.643. The highest BCUT2D eigenvalue weighted by molar-refractivity contribution is 6.19. The molecule has 2 aromatic heterocycles. The monoisotopic (exact) mass is 375 g/mol. The van der Waals surface area contributed by atoms with Crippen molar-refractivity contribution in [2.24, 2.45) is 5.92 Å². The van der Waals surface area contributed by atoms with Crippen molar-refractivity contribution in [2.75, 3.05) is 4.90 Å². The number of Topliss-reactive ketones (excluding diaryl/α,β-unsaturated/α-hetero) is 2. The van der Waals surface area contributed by atoms with Crippen LogP contribution in [0.1, 0.15) is 47.2 Å². The highest BCUT2D eigenvalue weighted by Gasteiger charge is 2.46. The Morgan fingerprint density at radius 3 is 2.32 bits per heavy atom. The lowest BCUT2D eigenvalue weighted by Crippen LogP contribution is -2.47. The Labute approximate surface area is 162 Å². The number of nitrogens with zero attached hydrogens (tertiary/aromatic N) is 3. The molecule has 2 atom stereocenters. The zero-order valence-corrected chi connectivity index (χ0v) is 16.3. The Morgan fingerprint density at radius 1 is 1.04 bits per heavy atom. The van der Waals surface area contributed by atoms with Crippen LogP contribution in [0.5, 0.6) is 0 Å². The number of carbonyl (C=O) groups excluding carboxylic acids is 3. The van der Waals surface area contributed by atoms with Crippen LogP contribution in [0.4, 0.5) is 5.69 Å². The maximum Gasteiger partial charge on any atom is 0.224 e. The maximum absolute atomic E-state index is 13.3. The summed E-state index contributed by atoms with van der Waals surface area (Å²) < 4.78 is 1.88. The number of aryl methyl sites for hydroxylation is 2. The summed E-state index contributed by atoms with van der Waals surface area (Å²) in [4.78, 5) is 44.9. The fourth-order valence-electron chi connectivity index (χ4n) is 4.11.